The molecule has 0 spiro atoms. The highest BCUT2D eigenvalue weighted by Gasteiger charge is 2.06. The standard InChI is InChI=1S/C14H18N2OS/c1-10(2)14-16-12(9-18-14)8-17-13-5-3-11(7-15)4-6-13/h3-6,9-10H,7-8,15H2,1-2H3. The monoisotopic (exact) mass is 262 g/mol. The van der Waals surface area contributed by atoms with Crippen molar-refractivity contribution in [2.45, 2.75) is 32.9 Å². The normalized spacial score (nSPS) is 10.9. The van der Waals surface area contributed by atoms with Crippen LogP contribution < -0.4 is 10.5 Å². The zero-order chi connectivity index (χ0) is 13.0. The maximum Gasteiger partial charge on any atom is 0.131 e. The minimum atomic E-state index is 0.479. The van der Waals surface area contributed by atoms with Crippen molar-refractivity contribution in [3.05, 3.63) is 45.9 Å². The van der Waals surface area contributed by atoms with E-state index < -0.39 is 0 Å². The van der Waals surface area contributed by atoms with Gasteiger partial charge in [-0.2, -0.15) is 0 Å². The first-order chi connectivity index (χ1) is 8.69. The molecule has 4 heteroatoms. The molecule has 0 fully saturated rings. The summed E-state index contributed by atoms with van der Waals surface area (Å²) in [4.78, 5) is 4.53. The van der Waals surface area contributed by atoms with Crippen LogP contribution >= 0.6 is 11.3 Å². The van der Waals surface area contributed by atoms with Crippen molar-refractivity contribution >= 4 is 11.3 Å². The van der Waals surface area contributed by atoms with Gasteiger partial charge in [0.1, 0.15) is 12.4 Å². The number of hydrogen-bond acceptors (Lipinski definition) is 4. The van der Waals surface area contributed by atoms with Crippen LogP contribution in [0.3, 0.4) is 0 Å². The summed E-state index contributed by atoms with van der Waals surface area (Å²) in [6, 6.07) is 7.85. The number of thiazole rings is 1. The molecule has 0 radical (unpaired) electrons. The van der Waals surface area contributed by atoms with Crippen molar-refractivity contribution in [2.24, 2.45) is 5.73 Å². The number of aromatic nitrogens is 1. The number of hydrogen-bond donors (Lipinski definition) is 1. The van der Waals surface area contributed by atoms with Crippen LogP contribution in [0.2, 0.25) is 0 Å². The molecule has 96 valence electrons. The molecule has 0 atom stereocenters. The van der Waals surface area contributed by atoms with Crippen molar-refractivity contribution < 1.29 is 4.74 Å². The van der Waals surface area contributed by atoms with Crippen LogP contribution in [0.5, 0.6) is 5.75 Å². The molecular formula is C14H18N2OS. The SMILES string of the molecule is CC(C)c1nc(COc2ccc(CN)cc2)cs1. The van der Waals surface area contributed by atoms with E-state index in [9.17, 15) is 0 Å². The highest BCUT2D eigenvalue weighted by atomic mass is 32.1. The molecular weight excluding hydrogens is 244 g/mol. The first-order valence-corrected chi connectivity index (χ1v) is 6.93. The molecule has 0 saturated carbocycles. The van der Waals surface area contributed by atoms with E-state index in [0.717, 1.165) is 22.0 Å². The fourth-order valence-corrected chi connectivity index (χ4v) is 2.35. The number of rotatable bonds is 5. The number of nitrogens with two attached hydrogens (primary N) is 1. The van der Waals surface area contributed by atoms with Gasteiger partial charge < -0.3 is 10.5 Å². The van der Waals surface area contributed by atoms with Gasteiger partial charge in [0.05, 0.1) is 10.7 Å². The first-order valence-electron chi connectivity index (χ1n) is 6.05. The number of ether oxygens (including phenoxy) is 1. The molecule has 2 aromatic rings. The average Bonchev–Trinajstić information content (AvgIpc) is 2.86. The number of benzene rings is 1. The summed E-state index contributed by atoms with van der Waals surface area (Å²) in [7, 11) is 0. The molecule has 2 N–H and O–H groups in total. The van der Waals surface area contributed by atoms with Gasteiger partial charge in [0.25, 0.3) is 0 Å². The third-order valence-corrected chi connectivity index (χ3v) is 3.80. The molecule has 0 aliphatic heterocycles. The smallest absolute Gasteiger partial charge is 0.131 e. The zero-order valence-electron chi connectivity index (χ0n) is 10.7. The van der Waals surface area contributed by atoms with E-state index in [2.05, 4.69) is 24.2 Å². The second kappa shape index (κ2) is 5.98. The molecule has 0 amide bonds. The molecule has 2 rings (SSSR count). The van der Waals surface area contributed by atoms with Crippen LogP contribution in [-0.2, 0) is 13.2 Å². The van der Waals surface area contributed by atoms with Crippen LogP contribution in [0.4, 0.5) is 0 Å². The Morgan fingerprint density at radius 1 is 1.28 bits per heavy atom. The van der Waals surface area contributed by atoms with E-state index in [4.69, 9.17) is 10.5 Å². The van der Waals surface area contributed by atoms with Crippen LogP contribution in [0, 0.1) is 0 Å². The van der Waals surface area contributed by atoms with E-state index in [1.165, 1.54) is 0 Å². The summed E-state index contributed by atoms with van der Waals surface area (Å²) in [5.41, 5.74) is 7.65. The lowest BCUT2D eigenvalue weighted by atomic mass is 10.2. The lowest BCUT2D eigenvalue weighted by Crippen LogP contribution is -1.98. The van der Waals surface area contributed by atoms with E-state index in [0.29, 0.717) is 19.1 Å². The van der Waals surface area contributed by atoms with Crippen molar-refractivity contribution in [2.75, 3.05) is 0 Å². The Morgan fingerprint density at radius 2 is 2.00 bits per heavy atom. The summed E-state index contributed by atoms with van der Waals surface area (Å²) in [5.74, 6) is 1.33. The first kappa shape index (κ1) is 13.1. The van der Waals surface area contributed by atoms with Crippen LogP contribution in [-0.4, -0.2) is 4.98 Å². The van der Waals surface area contributed by atoms with Crippen LogP contribution in [0.1, 0.15) is 36.0 Å². The lowest BCUT2D eigenvalue weighted by Gasteiger charge is -2.05. The molecule has 1 aromatic heterocycles. The molecule has 0 bridgehead atoms. The second-order valence-corrected chi connectivity index (χ2v) is 5.36. The van der Waals surface area contributed by atoms with Gasteiger partial charge in [-0.05, 0) is 17.7 Å². The van der Waals surface area contributed by atoms with Crippen molar-refractivity contribution in [1.29, 1.82) is 0 Å². The van der Waals surface area contributed by atoms with Gasteiger partial charge in [-0.3, -0.25) is 0 Å². The van der Waals surface area contributed by atoms with Gasteiger partial charge in [-0.25, -0.2) is 4.98 Å². The quantitative estimate of drug-likeness (QED) is 0.899. The fourth-order valence-electron chi connectivity index (χ4n) is 1.53. The Labute approximate surface area is 112 Å². The van der Waals surface area contributed by atoms with Gasteiger partial charge >= 0.3 is 0 Å². The zero-order valence-corrected chi connectivity index (χ0v) is 11.5. The average molecular weight is 262 g/mol. The van der Waals surface area contributed by atoms with E-state index in [1.54, 1.807) is 11.3 Å². The van der Waals surface area contributed by atoms with E-state index in [-0.39, 0.29) is 0 Å². The predicted molar refractivity (Wildman–Crippen MR) is 74.9 cm³/mol. The summed E-state index contributed by atoms with van der Waals surface area (Å²) in [6.07, 6.45) is 0. The van der Waals surface area contributed by atoms with Gasteiger partial charge in [0.15, 0.2) is 0 Å². The maximum atomic E-state index is 5.69. The van der Waals surface area contributed by atoms with Crippen molar-refractivity contribution in [3.63, 3.8) is 0 Å². The van der Waals surface area contributed by atoms with Crippen molar-refractivity contribution in [3.8, 4) is 5.75 Å². The fraction of sp³-hybridized carbons (Fsp3) is 0.357. The van der Waals surface area contributed by atoms with Crippen molar-refractivity contribution in [1.82, 2.24) is 4.98 Å². The molecule has 0 aliphatic rings. The Morgan fingerprint density at radius 3 is 2.56 bits per heavy atom. The molecule has 18 heavy (non-hydrogen) atoms. The van der Waals surface area contributed by atoms with Crippen LogP contribution in [0.25, 0.3) is 0 Å². The van der Waals surface area contributed by atoms with Gasteiger partial charge in [0, 0.05) is 17.8 Å². The third-order valence-electron chi connectivity index (χ3n) is 2.61. The molecule has 0 saturated heterocycles. The minimum Gasteiger partial charge on any atom is -0.487 e. The third kappa shape index (κ3) is 3.31. The molecule has 1 heterocycles. The second-order valence-electron chi connectivity index (χ2n) is 4.47. The largest absolute Gasteiger partial charge is 0.487 e. The van der Waals surface area contributed by atoms with Gasteiger partial charge in [0.2, 0.25) is 0 Å². The van der Waals surface area contributed by atoms with E-state index in [1.807, 2.05) is 24.3 Å². The Hall–Kier alpha value is -1.39. The maximum absolute atomic E-state index is 5.69. The van der Waals surface area contributed by atoms with E-state index >= 15 is 0 Å². The topological polar surface area (TPSA) is 48.1 Å². The summed E-state index contributed by atoms with van der Waals surface area (Å²) < 4.78 is 5.69. The highest BCUT2D eigenvalue weighted by molar-refractivity contribution is 7.09. The summed E-state index contributed by atoms with van der Waals surface area (Å²) in [6.45, 7) is 5.37. The Kier molecular flexibility index (Phi) is 4.33. The highest BCUT2D eigenvalue weighted by Crippen LogP contribution is 2.20. The number of nitrogens with zero attached hydrogens (tertiary/aromatic N) is 1. The molecule has 3 nitrogen and oxygen atoms in total. The minimum absolute atomic E-state index is 0.479. The molecule has 1 aromatic carbocycles. The van der Waals surface area contributed by atoms with Crippen LogP contribution in [0.15, 0.2) is 29.6 Å². The van der Waals surface area contributed by atoms with Gasteiger partial charge in [-0.1, -0.05) is 26.0 Å². The lowest BCUT2D eigenvalue weighted by molar-refractivity contribution is 0.301. The Balaban J connectivity index is 1.93. The summed E-state index contributed by atoms with van der Waals surface area (Å²) >= 11 is 1.69. The Bertz CT molecular complexity index is 491. The van der Waals surface area contributed by atoms with Gasteiger partial charge in [-0.15, -0.1) is 11.3 Å². The molecule has 0 unspecified atom stereocenters. The summed E-state index contributed by atoms with van der Waals surface area (Å²) in [5, 5.41) is 3.22. The molecule has 0 aliphatic carbocycles. The predicted octanol–water partition coefficient (Wildman–Crippen LogP) is 3.30.